The Morgan fingerprint density at radius 2 is 2.00 bits per heavy atom. The maximum Gasteiger partial charge on any atom is 0.211 e. The van der Waals surface area contributed by atoms with Gasteiger partial charge in [-0.2, -0.15) is 0 Å². The van der Waals surface area contributed by atoms with Crippen LogP contribution in [-0.2, 0) is 14.8 Å². The minimum absolute atomic E-state index is 0.170. The van der Waals surface area contributed by atoms with E-state index < -0.39 is 10.0 Å². The summed E-state index contributed by atoms with van der Waals surface area (Å²) in [5.41, 5.74) is 0.170. The van der Waals surface area contributed by atoms with Gasteiger partial charge in [-0.25, -0.2) is 13.1 Å². The van der Waals surface area contributed by atoms with Crippen molar-refractivity contribution in [2.45, 2.75) is 39.0 Å². The van der Waals surface area contributed by atoms with Gasteiger partial charge < -0.3 is 10.1 Å². The lowest BCUT2D eigenvalue weighted by Crippen LogP contribution is -2.33. The molecule has 0 bridgehead atoms. The molecule has 1 rings (SSSR count). The van der Waals surface area contributed by atoms with Crippen LogP contribution < -0.4 is 10.0 Å². The zero-order chi connectivity index (χ0) is 14.2. The Bertz CT molecular complexity index is 340. The summed E-state index contributed by atoms with van der Waals surface area (Å²) in [6.07, 6.45) is 4.91. The summed E-state index contributed by atoms with van der Waals surface area (Å²) in [5.74, 6) is 0.212. The molecule has 0 unspecified atom stereocenters. The van der Waals surface area contributed by atoms with Crippen LogP contribution in [0.3, 0.4) is 0 Å². The first kappa shape index (κ1) is 16.9. The van der Waals surface area contributed by atoms with Crippen molar-refractivity contribution >= 4 is 10.0 Å². The molecule has 0 saturated heterocycles. The highest BCUT2D eigenvalue weighted by Gasteiger charge is 2.42. The number of nitrogens with one attached hydrogen (secondary N) is 2. The minimum atomic E-state index is -3.12. The van der Waals surface area contributed by atoms with Gasteiger partial charge in [-0.15, -0.1) is 0 Å². The van der Waals surface area contributed by atoms with E-state index in [1.807, 2.05) is 0 Å². The van der Waals surface area contributed by atoms with Crippen LogP contribution in [0.1, 0.15) is 39.0 Å². The molecular formula is C13H28N2O3S. The predicted octanol–water partition coefficient (Wildman–Crippen LogP) is 1.11. The Morgan fingerprint density at radius 3 is 2.58 bits per heavy atom. The lowest BCUT2D eigenvalue weighted by Gasteiger charge is -2.15. The highest BCUT2D eigenvalue weighted by atomic mass is 32.2. The Balaban J connectivity index is 2.16. The van der Waals surface area contributed by atoms with Gasteiger partial charge >= 0.3 is 0 Å². The van der Waals surface area contributed by atoms with Gasteiger partial charge in [0.05, 0.1) is 5.75 Å². The minimum Gasteiger partial charge on any atom is -0.385 e. The van der Waals surface area contributed by atoms with Gasteiger partial charge in [0.2, 0.25) is 10.0 Å². The van der Waals surface area contributed by atoms with Gasteiger partial charge in [0, 0.05) is 20.3 Å². The summed E-state index contributed by atoms with van der Waals surface area (Å²) in [5, 5.41) is 3.21. The van der Waals surface area contributed by atoms with E-state index in [0.29, 0.717) is 19.6 Å². The molecule has 2 N–H and O–H groups in total. The van der Waals surface area contributed by atoms with Crippen molar-refractivity contribution in [3.63, 3.8) is 0 Å². The van der Waals surface area contributed by atoms with Crippen LogP contribution in [0.4, 0.5) is 0 Å². The number of methoxy groups -OCH3 is 1. The number of rotatable bonds is 12. The Kier molecular flexibility index (Phi) is 7.28. The van der Waals surface area contributed by atoms with E-state index in [2.05, 4.69) is 17.0 Å². The molecule has 0 radical (unpaired) electrons. The fourth-order valence-electron chi connectivity index (χ4n) is 2.03. The lowest BCUT2D eigenvalue weighted by molar-refractivity contribution is 0.173. The molecule has 0 amide bonds. The third kappa shape index (κ3) is 7.25. The normalized spacial score (nSPS) is 17.6. The van der Waals surface area contributed by atoms with Crippen molar-refractivity contribution in [2.75, 3.05) is 39.1 Å². The molecule has 0 heterocycles. The molecule has 19 heavy (non-hydrogen) atoms. The molecule has 0 aromatic heterocycles. The van der Waals surface area contributed by atoms with Crippen molar-refractivity contribution in [1.82, 2.24) is 10.0 Å². The molecule has 0 aromatic carbocycles. The van der Waals surface area contributed by atoms with E-state index in [1.165, 1.54) is 0 Å². The molecular weight excluding hydrogens is 264 g/mol. The molecule has 114 valence electrons. The highest BCUT2D eigenvalue weighted by molar-refractivity contribution is 7.89. The standard InChI is InChI=1S/C13H28N2O3S/c1-3-8-14-9-4-11-19(16,17)15-12-13(5-6-13)7-10-18-2/h14-15H,3-12H2,1-2H3. The van der Waals surface area contributed by atoms with Crippen LogP contribution in [0, 0.1) is 5.41 Å². The van der Waals surface area contributed by atoms with E-state index in [-0.39, 0.29) is 11.2 Å². The van der Waals surface area contributed by atoms with E-state index in [1.54, 1.807) is 7.11 Å². The predicted molar refractivity (Wildman–Crippen MR) is 77.7 cm³/mol. The summed E-state index contributed by atoms with van der Waals surface area (Å²) >= 11 is 0. The summed E-state index contributed by atoms with van der Waals surface area (Å²) in [7, 11) is -1.43. The van der Waals surface area contributed by atoms with Gasteiger partial charge in [-0.3, -0.25) is 0 Å². The first-order chi connectivity index (χ1) is 9.04. The Hall–Kier alpha value is -0.170. The highest BCUT2D eigenvalue weighted by Crippen LogP contribution is 2.48. The van der Waals surface area contributed by atoms with Crippen LogP contribution in [-0.4, -0.2) is 47.5 Å². The van der Waals surface area contributed by atoms with Crippen molar-refractivity contribution in [3.8, 4) is 0 Å². The van der Waals surface area contributed by atoms with E-state index >= 15 is 0 Å². The molecule has 1 aliphatic carbocycles. The van der Waals surface area contributed by atoms with Gasteiger partial charge in [0.1, 0.15) is 0 Å². The fraction of sp³-hybridized carbons (Fsp3) is 1.00. The SMILES string of the molecule is CCCNCCCS(=O)(=O)NCC1(CCOC)CC1. The van der Waals surface area contributed by atoms with Crippen LogP contribution in [0.25, 0.3) is 0 Å². The first-order valence-electron chi connectivity index (χ1n) is 7.21. The Morgan fingerprint density at radius 1 is 1.26 bits per heavy atom. The topological polar surface area (TPSA) is 67.4 Å². The average molecular weight is 292 g/mol. The lowest BCUT2D eigenvalue weighted by atomic mass is 10.0. The van der Waals surface area contributed by atoms with Gasteiger partial charge in [0.25, 0.3) is 0 Å². The van der Waals surface area contributed by atoms with Gasteiger partial charge in [-0.1, -0.05) is 6.92 Å². The number of ether oxygens (including phenoxy) is 1. The number of hydrogen-bond acceptors (Lipinski definition) is 4. The summed E-state index contributed by atoms with van der Waals surface area (Å²) in [4.78, 5) is 0. The summed E-state index contributed by atoms with van der Waals surface area (Å²) in [6, 6.07) is 0. The van der Waals surface area contributed by atoms with Crippen LogP contribution in [0.15, 0.2) is 0 Å². The third-order valence-electron chi connectivity index (χ3n) is 3.65. The molecule has 6 heteroatoms. The van der Waals surface area contributed by atoms with Crippen molar-refractivity contribution in [1.29, 1.82) is 0 Å². The van der Waals surface area contributed by atoms with Crippen molar-refractivity contribution in [2.24, 2.45) is 5.41 Å². The van der Waals surface area contributed by atoms with Gasteiger partial charge in [-0.05, 0) is 50.6 Å². The fourth-order valence-corrected chi connectivity index (χ4v) is 3.23. The first-order valence-corrected chi connectivity index (χ1v) is 8.86. The van der Waals surface area contributed by atoms with Crippen LogP contribution in [0.2, 0.25) is 0 Å². The zero-order valence-corrected chi connectivity index (χ0v) is 13.0. The smallest absolute Gasteiger partial charge is 0.211 e. The molecule has 1 saturated carbocycles. The van der Waals surface area contributed by atoms with Crippen molar-refractivity contribution in [3.05, 3.63) is 0 Å². The largest absolute Gasteiger partial charge is 0.385 e. The number of sulfonamides is 1. The van der Waals surface area contributed by atoms with Gasteiger partial charge in [0.15, 0.2) is 0 Å². The molecule has 5 nitrogen and oxygen atoms in total. The maximum absolute atomic E-state index is 11.8. The summed E-state index contributed by atoms with van der Waals surface area (Å²) < 4.78 is 31.5. The molecule has 1 fully saturated rings. The maximum atomic E-state index is 11.8. The summed E-state index contributed by atoms with van der Waals surface area (Å²) in [6.45, 7) is 5.10. The zero-order valence-electron chi connectivity index (χ0n) is 12.2. The van der Waals surface area contributed by atoms with E-state index in [0.717, 1.165) is 38.8 Å². The van der Waals surface area contributed by atoms with Crippen molar-refractivity contribution < 1.29 is 13.2 Å². The van der Waals surface area contributed by atoms with Crippen LogP contribution >= 0.6 is 0 Å². The monoisotopic (exact) mass is 292 g/mol. The van der Waals surface area contributed by atoms with E-state index in [9.17, 15) is 8.42 Å². The second-order valence-corrected chi connectivity index (χ2v) is 7.41. The molecule has 0 spiro atoms. The molecule has 1 aliphatic rings. The quantitative estimate of drug-likeness (QED) is 0.529. The Labute approximate surface area is 117 Å². The van der Waals surface area contributed by atoms with Crippen LogP contribution in [0.5, 0.6) is 0 Å². The third-order valence-corrected chi connectivity index (χ3v) is 5.06. The second kappa shape index (κ2) is 8.19. The second-order valence-electron chi connectivity index (χ2n) is 5.49. The molecule has 0 aromatic rings. The molecule has 0 aliphatic heterocycles. The van der Waals surface area contributed by atoms with E-state index in [4.69, 9.17) is 4.74 Å². The average Bonchev–Trinajstić information content (AvgIpc) is 3.15. The molecule has 0 atom stereocenters. The number of hydrogen-bond donors (Lipinski definition) is 2.